The van der Waals surface area contributed by atoms with Crippen LogP contribution in [0.3, 0.4) is 0 Å². The summed E-state index contributed by atoms with van der Waals surface area (Å²) < 4.78 is 13.2. The fourth-order valence-electron chi connectivity index (χ4n) is 2.60. The van der Waals surface area contributed by atoms with E-state index in [0.29, 0.717) is 19.6 Å². The van der Waals surface area contributed by atoms with E-state index < -0.39 is 12.1 Å². The van der Waals surface area contributed by atoms with E-state index >= 15 is 0 Å². The zero-order chi connectivity index (χ0) is 17.4. The Morgan fingerprint density at radius 1 is 1.21 bits per heavy atom. The number of rotatable bonds is 10. The van der Waals surface area contributed by atoms with E-state index in [2.05, 4.69) is 23.8 Å². The van der Waals surface area contributed by atoms with Crippen LogP contribution in [0.15, 0.2) is 42.6 Å². The van der Waals surface area contributed by atoms with Gasteiger partial charge in [-0.15, -0.1) is 0 Å². The van der Waals surface area contributed by atoms with Crippen LogP contribution < -0.4 is 4.74 Å². The van der Waals surface area contributed by atoms with Crippen molar-refractivity contribution in [2.24, 2.45) is 0 Å². The number of hydrogen-bond donors (Lipinski definition) is 1. The lowest BCUT2D eigenvalue weighted by atomic mass is 10.1. The quantitative estimate of drug-likeness (QED) is 0.726. The molecular formula is C19H25NO4. The molecule has 0 saturated carbocycles. The van der Waals surface area contributed by atoms with Crippen LogP contribution in [0.25, 0.3) is 0 Å². The highest BCUT2D eigenvalue weighted by Crippen LogP contribution is 2.15. The molecule has 5 heteroatoms. The molecule has 0 bridgehead atoms. The molecule has 0 spiro atoms. The van der Waals surface area contributed by atoms with Crippen LogP contribution in [0.1, 0.15) is 25.1 Å². The SMILES string of the molecule is CCOC(Cc1ccc(OCCn2cccc2CC)cc1)C(=O)O. The van der Waals surface area contributed by atoms with Crippen molar-refractivity contribution in [2.45, 2.75) is 39.3 Å². The molecule has 1 atom stereocenters. The minimum atomic E-state index is -0.935. The van der Waals surface area contributed by atoms with Gasteiger partial charge in [-0.1, -0.05) is 19.1 Å². The van der Waals surface area contributed by atoms with Gasteiger partial charge in [-0.2, -0.15) is 0 Å². The van der Waals surface area contributed by atoms with Gasteiger partial charge >= 0.3 is 5.97 Å². The average molecular weight is 331 g/mol. The first-order valence-corrected chi connectivity index (χ1v) is 8.34. The highest BCUT2D eigenvalue weighted by molar-refractivity contribution is 5.72. The number of aromatic nitrogens is 1. The molecule has 24 heavy (non-hydrogen) atoms. The number of nitrogens with zero attached hydrogens (tertiary/aromatic N) is 1. The number of carbonyl (C=O) groups is 1. The normalized spacial score (nSPS) is 12.1. The molecule has 0 aliphatic carbocycles. The fourth-order valence-corrected chi connectivity index (χ4v) is 2.60. The first-order chi connectivity index (χ1) is 11.6. The van der Waals surface area contributed by atoms with Gasteiger partial charge in [0.1, 0.15) is 12.4 Å². The third kappa shape index (κ3) is 5.13. The largest absolute Gasteiger partial charge is 0.492 e. The predicted octanol–water partition coefficient (Wildman–Crippen LogP) is 3.16. The number of carboxylic acids is 1. The minimum Gasteiger partial charge on any atom is -0.492 e. The summed E-state index contributed by atoms with van der Waals surface area (Å²) in [6, 6.07) is 11.7. The highest BCUT2D eigenvalue weighted by atomic mass is 16.5. The zero-order valence-electron chi connectivity index (χ0n) is 14.3. The molecule has 0 fully saturated rings. The molecular weight excluding hydrogens is 306 g/mol. The summed E-state index contributed by atoms with van der Waals surface area (Å²) in [5, 5.41) is 9.12. The maximum Gasteiger partial charge on any atom is 0.333 e. The average Bonchev–Trinajstić information content (AvgIpc) is 3.03. The summed E-state index contributed by atoms with van der Waals surface area (Å²) in [5.74, 6) is -0.150. The summed E-state index contributed by atoms with van der Waals surface area (Å²) >= 11 is 0. The maximum atomic E-state index is 11.1. The summed E-state index contributed by atoms with van der Waals surface area (Å²) in [6.45, 7) is 5.72. The molecule has 1 heterocycles. The number of carboxylic acid groups (broad SMARTS) is 1. The van der Waals surface area contributed by atoms with Gasteiger partial charge in [-0.05, 0) is 43.2 Å². The van der Waals surface area contributed by atoms with E-state index in [1.807, 2.05) is 30.3 Å². The molecule has 1 aromatic carbocycles. The van der Waals surface area contributed by atoms with Gasteiger partial charge in [0.05, 0.1) is 6.54 Å². The van der Waals surface area contributed by atoms with Crippen molar-refractivity contribution in [3.63, 3.8) is 0 Å². The molecule has 0 aliphatic heterocycles. The van der Waals surface area contributed by atoms with Crippen LogP contribution in [-0.2, 0) is 28.9 Å². The van der Waals surface area contributed by atoms with Gasteiger partial charge in [0.2, 0.25) is 0 Å². The Kier molecular flexibility index (Phi) is 6.88. The Bertz CT molecular complexity index is 633. The predicted molar refractivity (Wildman–Crippen MR) is 92.5 cm³/mol. The molecule has 0 amide bonds. The van der Waals surface area contributed by atoms with Gasteiger partial charge in [0.15, 0.2) is 6.10 Å². The first kappa shape index (κ1) is 18.1. The number of ether oxygens (including phenoxy) is 2. The van der Waals surface area contributed by atoms with Crippen molar-refractivity contribution in [3.8, 4) is 5.75 Å². The topological polar surface area (TPSA) is 60.7 Å². The third-order valence-electron chi connectivity index (χ3n) is 3.87. The van der Waals surface area contributed by atoms with Crippen molar-refractivity contribution in [3.05, 3.63) is 53.9 Å². The molecule has 2 aromatic rings. The van der Waals surface area contributed by atoms with Crippen molar-refractivity contribution < 1.29 is 19.4 Å². The third-order valence-corrected chi connectivity index (χ3v) is 3.87. The molecule has 2 rings (SSSR count). The fraction of sp³-hybridized carbons (Fsp3) is 0.421. The zero-order valence-corrected chi connectivity index (χ0v) is 14.3. The lowest BCUT2D eigenvalue weighted by molar-refractivity contribution is -0.149. The van der Waals surface area contributed by atoms with E-state index in [9.17, 15) is 4.79 Å². The molecule has 1 N–H and O–H groups in total. The Hall–Kier alpha value is -2.27. The summed E-state index contributed by atoms with van der Waals surface area (Å²) in [7, 11) is 0. The van der Waals surface area contributed by atoms with E-state index in [1.54, 1.807) is 6.92 Å². The van der Waals surface area contributed by atoms with Crippen LogP contribution in [0.2, 0.25) is 0 Å². The molecule has 130 valence electrons. The molecule has 0 aliphatic rings. The maximum absolute atomic E-state index is 11.1. The van der Waals surface area contributed by atoms with Crippen molar-refractivity contribution >= 4 is 5.97 Å². The van der Waals surface area contributed by atoms with E-state index in [-0.39, 0.29) is 0 Å². The van der Waals surface area contributed by atoms with Crippen LogP contribution in [0, 0.1) is 0 Å². The van der Waals surface area contributed by atoms with Crippen LogP contribution >= 0.6 is 0 Å². The molecule has 5 nitrogen and oxygen atoms in total. The standard InChI is InChI=1S/C19H25NO4/c1-3-16-6-5-11-20(16)12-13-24-17-9-7-15(8-10-17)14-18(19(21)22)23-4-2/h5-11,18H,3-4,12-14H2,1-2H3,(H,21,22). The molecule has 0 radical (unpaired) electrons. The smallest absolute Gasteiger partial charge is 0.333 e. The summed E-state index contributed by atoms with van der Waals surface area (Å²) in [6.07, 6.45) is 2.62. The highest BCUT2D eigenvalue weighted by Gasteiger charge is 2.17. The van der Waals surface area contributed by atoms with Crippen LogP contribution in [0.4, 0.5) is 0 Å². The van der Waals surface area contributed by atoms with Crippen molar-refractivity contribution in [2.75, 3.05) is 13.2 Å². The second-order valence-electron chi connectivity index (χ2n) is 5.53. The summed E-state index contributed by atoms with van der Waals surface area (Å²) in [5.41, 5.74) is 2.21. The number of hydrogen-bond acceptors (Lipinski definition) is 3. The molecule has 0 saturated heterocycles. The van der Waals surface area contributed by atoms with Gasteiger partial charge in [-0.25, -0.2) is 4.79 Å². The number of benzene rings is 1. The van der Waals surface area contributed by atoms with Gasteiger partial charge in [-0.3, -0.25) is 0 Å². The van der Waals surface area contributed by atoms with Crippen molar-refractivity contribution in [1.82, 2.24) is 4.57 Å². The second kappa shape index (κ2) is 9.13. The Balaban J connectivity index is 1.84. The Morgan fingerprint density at radius 3 is 2.58 bits per heavy atom. The van der Waals surface area contributed by atoms with Crippen LogP contribution in [0.5, 0.6) is 5.75 Å². The number of aliphatic carboxylic acids is 1. The van der Waals surface area contributed by atoms with E-state index in [4.69, 9.17) is 14.6 Å². The van der Waals surface area contributed by atoms with Gasteiger partial charge in [0.25, 0.3) is 0 Å². The minimum absolute atomic E-state index is 0.354. The monoisotopic (exact) mass is 331 g/mol. The molecule has 1 aromatic heterocycles. The first-order valence-electron chi connectivity index (χ1n) is 8.34. The Morgan fingerprint density at radius 2 is 1.96 bits per heavy atom. The second-order valence-corrected chi connectivity index (χ2v) is 5.53. The lowest BCUT2D eigenvalue weighted by Crippen LogP contribution is -2.26. The molecule has 1 unspecified atom stereocenters. The Labute approximate surface area is 142 Å². The number of aryl methyl sites for hydroxylation is 1. The lowest BCUT2D eigenvalue weighted by Gasteiger charge is -2.13. The van der Waals surface area contributed by atoms with E-state index in [1.165, 1.54) is 5.69 Å². The van der Waals surface area contributed by atoms with Gasteiger partial charge in [0, 0.05) is 24.9 Å². The summed E-state index contributed by atoms with van der Waals surface area (Å²) in [4.78, 5) is 11.1. The van der Waals surface area contributed by atoms with E-state index in [0.717, 1.165) is 24.3 Å². The van der Waals surface area contributed by atoms with Gasteiger partial charge < -0.3 is 19.1 Å². The van der Waals surface area contributed by atoms with Crippen LogP contribution in [-0.4, -0.2) is 35.0 Å². The van der Waals surface area contributed by atoms with Crippen molar-refractivity contribution in [1.29, 1.82) is 0 Å².